The van der Waals surface area contributed by atoms with E-state index in [1.54, 1.807) is 0 Å². The average molecular weight is 371 g/mol. The van der Waals surface area contributed by atoms with Crippen molar-refractivity contribution in [2.75, 3.05) is 26.2 Å². The van der Waals surface area contributed by atoms with Crippen molar-refractivity contribution < 1.29 is 14.4 Å². The van der Waals surface area contributed by atoms with Gasteiger partial charge in [-0.25, -0.2) is 0 Å². The van der Waals surface area contributed by atoms with E-state index in [4.69, 9.17) is 9.57 Å². The van der Waals surface area contributed by atoms with Gasteiger partial charge in [-0.05, 0) is 43.4 Å². The Morgan fingerprint density at radius 2 is 2.26 bits per heavy atom. The molecule has 2 unspecified atom stereocenters. The molecule has 2 fully saturated rings. The van der Waals surface area contributed by atoms with Crippen LogP contribution in [0.25, 0.3) is 0 Å². The zero-order chi connectivity index (χ0) is 18.9. The maximum atomic E-state index is 12.4. The fraction of sp³-hybridized carbons (Fsp3) is 0.619. The average Bonchev–Trinajstić information content (AvgIpc) is 3.39. The van der Waals surface area contributed by atoms with Crippen LogP contribution in [0.4, 0.5) is 0 Å². The monoisotopic (exact) mass is 371 g/mol. The van der Waals surface area contributed by atoms with Gasteiger partial charge in [0.25, 0.3) is 5.91 Å². The summed E-state index contributed by atoms with van der Waals surface area (Å²) in [7, 11) is 0. The third-order valence-electron chi connectivity index (χ3n) is 5.99. The zero-order valence-corrected chi connectivity index (χ0v) is 16.3. The highest BCUT2D eigenvalue weighted by molar-refractivity contribution is 6.39. The van der Waals surface area contributed by atoms with Crippen LogP contribution in [0.1, 0.15) is 42.4 Å². The summed E-state index contributed by atoms with van der Waals surface area (Å²) in [5.74, 6) is -0.116. The lowest BCUT2D eigenvalue weighted by atomic mass is 9.96. The summed E-state index contributed by atoms with van der Waals surface area (Å²) in [6.07, 6.45) is 3.73. The van der Waals surface area contributed by atoms with Gasteiger partial charge in [0, 0.05) is 45.6 Å². The number of likely N-dealkylation sites (tertiary alicyclic amines) is 1. The van der Waals surface area contributed by atoms with Gasteiger partial charge in [0.2, 0.25) is 0 Å². The van der Waals surface area contributed by atoms with Gasteiger partial charge in [-0.15, -0.1) is 0 Å². The van der Waals surface area contributed by atoms with Gasteiger partial charge in [0.05, 0.1) is 6.10 Å². The first kappa shape index (κ1) is 18.4. The van der Waals surface area contributed by atoms with E-state index >= 15 is 0 Å². The molecule has 6 heteroatoms. The van der Waals surface area contributed by atoms with Gasteiger partial charge in [-0.1, -0.05) is 23.4 Å². The summed E-state index contributed by atoms with van der Waals surface area (Å²) in [5, 5.41) is 7.07. The van der Waals surface area contributed by atoms with Gasteiger partial charge in [-0.2, -0.15) is 0 Å². The molecule has 0 aliphatic carbocycles. The zero-order valence-electron chi connectivity index (χ0n) is 16.3. The van der Waals surface area contributed by atoms with Crippen LogP contribution in [0.15, 0.2) is 23.4 Å². The van der Waals surface area contributed by atoms with Gasteiger partial charge in [0.15, 0.2) is 5.60 Å². The quantitative estimate of drug-likeness (QED) is 0.863. The van der Waals surface area contributed by atoms with Gasteiger partial charge < -0.3 is 14.9 Å². The molecule has 1 amide bonds. The Morgan fingerprint density at radius 1 is 1.37 bits per heavy atom. The number of hydrogen-bond donors (Lipinski definition) is 1. The molecule has 1 N–H and O–H groups in total. The highest BCUT2D eigenvalue weighted by Crippen LogP contribution is 2.34. The summed E-state index contributed by atoms with van der Waals surface area (Å²) in [6, 6.07) is 6.64. The van der Waals surface area contributed by atoms with Crippen LogP contribution in [0.3, 0.4) is 0 Å². The summed E-state index contributed by atoms with van der Waals surface area (Å²) < 4.78 is 5.55. The highest BCUT2D eigenvalue weighted by atomic mass is 16.7. The third kappa shape index (κ3) is 4.17. The molecule has 0 bridgehead atoms. The first-order chi connectivity index (χ1) is 13.0. The lowest BCUT2D eigenvalue weighted by molar-refractivity contribution is -0.115. The Kier molecular flexibility index (Phi) is 5.19. The SMILES string of the molecule is Cc1ccc(CN2CCC3(CC(C(=O)NCC4CCCO4)=NO3)C2)cc1C. The molecular weight excluding hydrogens is 342 g/mol. The number of oxime groups is 1. The van der Waals surface area contributed by atoms with Crippen molar-refractivity contribution in [3.05, 3.63) is 34.9 Å². The first-order valence-corrected chi connectivity index (χ1v) is 9.96. The number of benzene rings is 1. The second-order valence-corrected chi connectivity index (χ2v) is 8.21. The van der Waals surface area contributed by atoms with E-state index in [1.165, 1.54) is 16.7 Å². The minimum Gasteiger partial charge on any atom is -0.387 e. The number of carbonyl (C=O) groups excluding carboxylic acids is 1. The van der Waals surface area contributed by atoms with E-state index in [9.17, 15) is 4.79 Å². The van der Waals surface area contributed by atoms with Crippen molar-refractivity contribution in [2.45, 2.75) is 57.8 Å². The van der Waals surface area contributed by atoms with Crippen molar-refractivity contribution in [1.29, 1.82) is 0 Å². The van der Waals surface area contributed by atoms with Crippen LogP contribution in [0.5, 0.6) is 0 Å². The minimum atomic E-state index is -0.337. The molecule has 1 aromatic rings. The fourth-order valence-electron chi connectivity index (χ4n) is 4.20. The Balaban J connectivity index is 1.28. The van der Waals surface area contributed by atoms with E-state index in [-0.39, 0.29) is 17.6 Å². The second-order valence-electron chi connectivity index (χ2n) is 8.21. The third-order valence-corrected chi connectivity index (χ3v) is 5.99. The van der Waals surface area contributed by atoms with Crippen LogP contribution >= 0.6 is 0 Å². The topological polar surface area (TPSA) is 63.2 Å². The smallest absolute Gasteiger partial charge is 0.269 e. The predicted octanol–water partition coefficient (Wildman–Crippen LogP) is 2.32. The number of ether oxygens (including phenoxy) is 1. The molecule has 1 spiro atoms. The number of amides is 1. The molecule has 0 saturated carbocycles. The molecule has 3 heterocycles. The maximum Gasteiger partial charge on any atom is 0.269 e. The van der Waals surface area contributed by atoms with Crippen molar-refractivity contribution in [3.8, 4) is 0 Å². The fourth-order valence-corrected chi connectivity index (χ4v) is 4.20. The second kappa shape index (κ2) is 7.60. The van der Waals surface area contributed by atoms with Crippen molar-refractivity contribution in [2.24, 2.45) is 5.16 Å². The number of nitrogens with zero attached hydrogens (tertiary/aromatic N) is 2. The lowest BCUT2D eigenvalue weighted by Crippen LogP contribution is -2.39. The molecule has 146 valence electrons. The number of rotatable bonds is 5. The number of aryl methyl sites for hydroxylation is 2. The van der Waals surface area contributed by atoms with E-state index in [2.05, 4.69) is 47.4 Å². The first-order valence-electron chi connectivity index (χ1n) is 9.96. The van der Waals surface area contributed by atoms with Crippen molar-refractivity contribution in [3.63, 3.8) is 0 Å². The molecule has 27 heavy (non-hydrogen) atoms. The van der Waals surface area contributed by atoms with Gasteiger partial charge in [0.1, 0.15) is 5.71 Å². The summed E-state index contributed by atoms with van der Waals surface area (Å²) in [4.78, 5) is 20.6. The molecule has 3 aliphatic heterocycles. The summed E-state index contributed by atoms with van der Waals surface area (Å²) in [5.41, 5.74) is 4.15. The van der Waals surface area contributed by atoms with Crippen molar-refractivity contribution in [1.82, 2.24) is 10.2 Å². The van der Waals surface area contributed by atoms with E-state index in [0.29, 0.717) is 18.7 Å². The molecule has 3 aliphatic rings. The Morgan fingerprint density at radius 3 is 3.04 bits per heavy atom. The molecule has 0 aromatic heterocycles. The van der Waals surface area contributed by atoms with Crippen LogP contribution < -0.4 is 5.32 Å². The van der Waals surface area contributed by atoms with Crippen LogP contribution in [-0.4, -0.2) is 54.5 Å². The van der Waals surface area contributed by atoms with Crippen LogP contribution in [0.2, 0.25) is 0 Å². The van der Waals surface area contributed by atoms with Crippen LogP contribution in [-0.2, 0) is 20.9 Å². The Labute approximate surface area is 160 Å². The molecule has 0 radical (unpaired) electrons. The molecule has 2 saturated heterocycles. The van der Waals surface area contributed by atoms with Crippen LogP contribution in [0, 0.1) is 13.8 Å². The predicted molar refractivity (Wildman–Crippen MR) is 104 cm³/mol. The van der Waals surface area contributed by atoms with E-state index in [1.807, 2.05) is 0 Å². The standard InChI is InChI=1S/C21H29N3O3/c1-15-5-6-17(10-16(15)2)13-24-8-7-21(14-24)11-19(23-27-21)20(25)22-12-18-4-3-9-26-18/h5-6,10,18H,3-4,7-9,11-14H2,1-2H3,(H,22,25). The van der Waals surface area contributed by atoms with E-state index in [0.717, 1.165) is 45.5 Å². The van der Waals surface area contributed by atoms with Crippen molar-refractivity contribution >= 4 is 11.6 Å². The largest absolute Gasteiger partial charge is 0.387 e. The molecule has 6 nitrogen and oxygen atoms in total. The Bertz CT molecular complexity index is 742. The molecule has 2 atom stereocenters. The lowest BCUT2D eigenvalue weighted by Gasteiger charge is -2.22. The highest BCUT2D eigenvalue weighted by Gasteiger charge is 2.46. The number of nitrogens with one attached hydrogen (secondary N) is 1. The molecule has 1 aromatic carbocycles. The van der Waals surface area contributed by atoms with Gasteiger partial charge in [-0.3, -0.25) is 9.69 Å². The normalized spacial score (nSPS) is 27.8. The molecular formula is C21H29N3O3. The minimum absolute atomic E-state index is 0.116. The maximum absolute atomic E-state index is 12.4. The summed E-state index contributed by atoms with van der Waals surface area (Å²) in [6.45, 7) is 8.33. The van der Waals surface area contributed by atoms with E-state index < -0.39 is 0 Å². The van der Waals surface area contributed by atoms with Gasteiger partial charge >= 0.3 is 0 Å². The number of hydrogen-bond acceptors (Lipinski definition) is 5. The summed E-state index contributed by atoms with van der Waals surface area (Å²) >= 11 is 0. The molecule has 4 rings (SSSR count). The Hall–Kier alpha value is -1.92. The number of carbonyl (C=O) groups is 1.